The summed E-state index contributed by atoms with van der Waals surface area (Å²) >= 11 is 0. The van der Waals surface area contributed by atoms with Crippen molar-refractivity contribution >= 4 is 11.8 Å². The van der Waals surface area contributed by atoms with Gasteiger partial charge in [0.2, 0.25) is 5.91 Å². The maximum Gasteiger partial charge on any atom is 0.253 e. The molecule has 0 bridgehead atoms. The van der Waals surface area contributed by atoms with Gasteiger partial charge in [-0.3, -0.25) is 9.59 Å². The van der Waals surface area contributed by atoms with Crippen LogP contribution in [0.5, 0.6) is 0 Å². The quantitative estimate of drug-likeness (QED) is 0.837. The fraction of sp³-hybridized carbons (Fsp3) is 0.455. The second kappa shape index (κ2) is 7.99. The molecule has 3 heterocycles. The zero-order chi connectivity index (χ0) is 18.6. The molecule has 1 aromatic carbocycles. The van der Waals surface area contributed by atoms with Crippen LogP contribution in [0.4, 0.5) is 0 Å². The molecule has 0 unspecified atom stereocenters. The van der Waals surface area contributed by atoms with Crippen molar-refractivity contribution < 1.29 is 9.59 Å². The number of hydrogen-bond donors (Lipinski definition) is 0. The zero-order valence-corrected chi connectivity index (χ0v) is 15.7. The predicted octanol–water partition coefficient (Wildman–Crippen LogP) is 3.34. The first-order chi connectivity index (χ1) is 13.2. The summed E-state index contributed by atoms with van der Waals surface area (Å²) in [5.74, 6) is 0.457. The molecular weight excluding hydrogens is 338 g/mol. The Bertz CT molecular complexity index is 768. The maximum absolute atomic E-state index is 12.8. The molecule has 2 saturated heterocycles. The highest BCUT2D eigenvalue weighted by atomic mass is 16.2. The van der Waals surface area contributed by atoms with Gasteiger partial charge in [-0.15, -0.1) is 0 Å². The maximum atomic E-state index is 12.8. The van der Waals surface area contributed by atoms with E-state index in [0.717, 1.165) is 44.5 Å². The molecule has 0 saturated carbocycles. The standard InChI is InChI=1S/C22H27N3O2/c26-21(18-6-8-20(9-7-18)23-12-4-5-13-23)25-16-10-19(11-17-25)22(27)24-14-2-1-3-15-24/h4-9,12-13,19H,1-3,10-11,14-17H2. The number of likely N-dealkylation sites (tertiary alicyclic amines) is 2. The average Bonchev–Trinajstić information content (AvgIpc) is 3.28. The highest BCUT2D eigenvalue weighted by Crippen LogP contribution is 2.23. The summed E-state index contributed by atoms with van der Waals surface area (Å²) in [4.78, 5) is 29.4. The van der Waals surface area contributed by atoms with E-state index in [1.807, 2.05) is 63.2 Å². The van der Waals surface area contributed by atoms with Crippen LogP contribution in [0.2, 0.25) is 0 Å². The van der Waals surface area contributed by atoms with Gasteiger partial charge in [0.15, 0.2) is 0 Å². The molecule has 2 fully saturated rings. The molecule has 1 aromatic heterocycles. The average molecular weight is 365 g/mol. The zero-order valence-electron chi connectivity index (χ0n) is 15.7. The molecule has 2 aliphatic heterocycles. The molecule has 2 amide bonds. The first kappa shape index (κ1) is 17.8. The van der Waals surface area contributed by atoms with Gasteiger partial charge < -0.3 is 14.4 Å². The molecule has 2 aliphatic rings. The lowest BCUT2D eigenvalue weighted by atomic mass is 9.94. The molecule has 0 atom stereocenters. The number of carbonyl (C=O) groups is 2. The van der Waals surface area contributed by atoms with Gasteiger partial charge in [0.25, 0.3) is 5.91 Å². The largest absolute Gasteiger partial charge is 0.342 e. The van der Waals surface area contributed by atoms with Crippen molar-refractivity contribution in [2.75, 3.05) is 26.2 Å². The van der Waals surface area contributed by atoms with Crippen molar-refractivity contribution in [1.82, 2.24) is 14.4 Å². The third-order valence-electron chi connectivity index (χ3n) is 5.82. The lowest BCUT2D eigenvalue weighted by molar-refractivity contribution is -0.137. The topological polar surface area (TPSA) is 45.6 Å². The highest BCUT2D eigenvalue weighted by molar-refractivity contribution is 5.94. The highest BCUT2D eigenvalue weighted by Gasteiger charge is 2.30. The van der Waals surface area contributed by atoms with Gasteiger partial charge in [0.05, 0.1) is 0 Å². The summed E-state index contributed by atoms with van der Waals surface area (Å²) in [6, 6.07) is 11.7. The van der Waals surface area contributed by atoms with Crippen molar-refractivity contribution in [1.29, 1.82) is 0 Å². The van der Waals surface area contributed by atoms with Crippen molar-refractivity contribution in [3.63, 3.8) is 0 Å². The van der Waals surface area contributed by atoms with Gasteiger partial charge in [-0.05, 0) is 68.5 Å². The minimum atomic E-state index is 0.0675. The van der Waals surface area contributed by atoms with E-state index in [0.29, 0.717) is 24.6 Å². The van der Waals surface area contributed by atoms with Crippen LogP contribution in [0, 0.1) is 5.92 Å². The second-order valence-electron chi connectivity index (χ2n) is 7.59. The molecule has 0 spiro atoms. The van der Waals surface area contributed by atoms with Gasteiger partial charge in [-0.1, -0.05) is 0 Å². The monoisotopic (exact) mass is 365 g/mol. The predicted molar refractivity (Wildman–Crippen MR) is 105 cm³/mol. The fourth-order valence-electron chi connectivity index (χ4n) is 4.17. The van der Waals surface area contributed by atoms with Crippen LogP contribution < -0.4 is 0 Å². The third-order valence-corrected chi connectivity index (χ3v) is 5.82. The molecule has 0 radical (unpaired) electrons. The lowest BCUT2D eigenvalue weighted by Crippen LogP contribution is -2.45. The van der Waals surface area contributed by atoms with E-state index in [2.05, 4.69) is 0 Å². The van der Waals surface area contributed by atoms with E-state index in [1.165, 1.54) is 6.42 Å². The van der Waals surface area contributed by atoms with Crippen LogP contribution in [0.1, 0.15) is 42.5 Å². The molecular formula is C22H27N3O2. The van der Waals surface area contributed by atoms with E-state index >= 15 is 0 Å². The van der Waals surface area contributed by atoms with Crippen LogP contribution in [0.15, 0.2) is 48.8 Å². The number of aromatic nitrogens is 1. The van der Waals surface area contributed by atoms with Gasteiger partial charge in [-0.25, -0.2) is 0 Å². The Morgan fingerprint density at radius 2 is 1.41 bits per heavy atom. The number of nitrogens with zero attached hydrogens (tertiary/aromatic N) is 3. The normalized spacial score (nSPS) is 18.5. The number of rotatable bonds is 3. The van der Waals surface area contributed by atoms with Crippen LogP contribution in [-0.4, -0.2) is 52.4 Å². The van der Waals surface area contributed by atoms with Crippen molar-refractivity contribution in [3.8, 4) is 5.69 Å². The molecule has 142 valence electrons. The number of hydrogen-bond acceptors (Lipinski definition) is 2. The van der Waals surface area contributed by atoms with Gasteiger partial charge in [0.1, 0.15) is 0 Å². The van der Waals surface area contributed by atoms with Crippen LogP contribution in [0.3, 0.4) is 0 Å². The van der Waals surface area contributed by atoms with E-state index in [-0.39, 0.29) is 11.8 Å². The number of benzene rings is 1. The Hall–Kier alpha value is -2.56. The van der Waals surface area contributed by atoms with Crippen molar-refractivity contribution in [3.05, 3.63) is 54.4 Å². The first-order valence-corrected chi connectivity index (χ1v) is 10.0. The van der Waals surface area contributed by atoms with E-state index < -0.39 is 0 Å². The Kier molecular flexibility index (Phi) is 5.28. The van der Waals surface area contributed by atoms with Gasteiger partial charge in [-0.2, -0.15) is 0 Å². The summed E-state index contributed by atoms with van der Waals surface area (Å²) in [5.41, 5.74) is 1.76. The van der Waals surface area contributed by atoms with Crippen molar-refractivity contribution in [2.24, 2.45) is 5.92 Å². The molecule has 5 heteroatoms. The summed E-state index contributed by atoms with van der Waals surface area (Å²) in [6.07, 6.45) is 9.02. The van der Waals surface area contributed by atoms with Gasteiger partial charge in [0, 0.05) is 55.7 Å². The molecule has 5 nitrogen and oxygen atoms in total. The second-order valence-corrected chi connectivity index (χ2v) is 7.59. The van der Waals surface area contributed by atoms with Crippen LogP contribution in [0.25, 0.3) is 5.69 Å². The van der Waals surface area contributed by atoms with Crippen LogP contribution in [-0.2, 0) is 4.79 Å². The smallest absolute Gasteiger partial charge is 0.253 e. The molecule has 4 rings (SSSR count). The Morgan fingerprint density at radius 3 is 2.04 bits per heavy atom. The number of carbonyl (C=O) groups excluding carboxylic acids is 2. The van der Waals surface area contributed by atoms with Crippen LogP contribution >= 0.6 is 0 Å². The first-order valence-electron chi connectivity index (χ1n) is 10.0. The molecule has 2 aromatic rings. The van der Waals surface area contributed by atoms with E-state index in [1.54, 1.807) is 0 Å². The third kappa shape index (κ3) is 3.92. The molecule has 0 N–H and O–H groups in total. The van der Waals surface area contributed by atoms with Gasteiger partial charge >= 0.3 is 0 Å². The molecule has 27 heavy (non-hydrogen) atoms. The molecule has 0 aliphatic carbocycles. The fourth-order valence-corrected chi connectivity index (χ4v) is 4.17. The Labute approximate surface area is 160 Å². The number of piperidine rings is 2. The van der Waals surface area contributed by atoms with Crippen molar-refractivity contribution in [2.45, 2.75) is 32.1 Å². The summed E-state index contributed by atoms with van der Waals surface area (Å²) in [7, 11) is 0. The SMILES string of the molecule is O=C(c1ccc(-n2cccc2)cc1)N1CCC(C(=O)N2CCCCC2)CC1. The Morgan fingerprint density at radius 1 is 0.778 bits per heavy atom. The summed E-state index contributed by atoms with van der Waals surface area (Å²) < 4.78 is 2.02. The lowest BCUT2D eigenvalue weighted by Gasteiger charge is -2.35. The van der Waals surface area contributed by atoms with E-state index in [9.17, 15) is 9.59 Å². The Balaban J connectivity index is 1.33. The minimum Gasteiger partial charge on any atom is -0.342 e. The summed E-state index contributed by atoms with van der Waals surface area (Å²) in [6.45, 7) is 3.16. The summed E-state index contributed by atoms with van der Waals surface area (Å²) in [5, 5.41) is 0. The van der Waals surface area contributed by atoms with E-state index in [4.69, 9.17) is 0 Å². The number of amides is 2. The minimum absolute atomic E-state index is 0.0675.